The number of amides is 1. The highest BCUT2D eigenvalue weighted by molar-refractivity contribution is 7.99. The molecule has 1 aliphatic rings. The normalized spacial score (nSPS) is 13.6. The van der Waals surface area contributed by atoms with Crippen molar-refractivity contribution in [3.8, 4) is 17.1 Å². The first-order valence-corrected chi connectivity index (χ1v) is 12.5. The largest absolute Gasteiger partial charge is 0.368 e. The Balaban J connectivity index is 1.32. The van der Waals surface area contributed by atoms with Gasteiger partial charge in [-0.1, -0.05) is 60.3 Å². The molecule has 0 unspecified atom stereocenters. The highest BCUT2D eigenvalue weighted by Crippen LogP contribution is 2.30. The molecule has 1 aromatic heterocycles. The molecule has 9 nitrogen and oxygen atoms in total. The van der Waals surface area contributed by atoms with Gasteiger partial charge < -0.3 is 9.80 Å². The summed E-state index contributed by atoms with van der Waals surface area (Å²) in [6.45, 7) is 2.91. The predicted octanol–water partition coefficient (Wildman–Crippen LogP) is 4.28. The minimum absolute atomic E-state index is 0.0193. The maximum absolute atomic E-state index is 13.0. The standard InChI is InChI=1S/C26H24N6O3S/c33-24(30-16-14-29(15-17-30)21-9-3-1-4-10-21)19-36-26-28-27-25(31(26)22-11-5-2-6-12-22)20-8-7-13-23(18-20)32(34)35/h1-13,18H,14-17,19H2. The summed E-state index contributed by atoms with van der Waals surface area (Å²) in [5.74, 6) is 0.758. The number of anilines is 1. The molecule has 0 atom stereocenters. The summed E-state index contributed by atoms with van der Waals surface area (Å²) in [6.07, 6.45) is 0. The lowest BCUT2D eigenvalue weighted by molar-refractivity contribution is -0.384. The van der Waals surface area contributed by atoms with E-state index in [1.54, 1.807) is 12.1 Å². The number of hydrogen-bond acceptors (Lipinski definition) is 7. The first-order valence-electron chi connectivity index (χ1n) is 11.6. The average Bonchev–Trinajstić information content (AvgIpc) is 3.37. The SMILES string of the molecule is O=C(CSc1nnc(-c2cccc([N+](=O)[O-])c2)n1-c1ccccc1)N1CCN(c2ccccc2)CC1. The molecule has 0 radical (unpaired) electrons. The van der Waals surface area contributed by atoms with Crippen molar-refractivity contribution in [2.45, 2.75) is 5.16 Å². The fourth-order valence-electron chi connectivity index (χ4n) is 4.19. The Morgan fingerprint density at radius 2 is 1.53 bits per heavy atom. The number of nitro benzene ring substituents is 1. The number of carbonyl (C=O) groups is 1. The lowest BCUT2D eigenvalue weighted by Gasteiger charge is -2.36. The second-order valence-electron chi connectivity index (χ2n) is 8.28. The molecule has 0 bridgehead atoms. The second kappa shape index (κ2) is 10.6. The molecule has 0 saturated carbocycles. The van der Waals surface area contributed by atoms with E-state index >= 15 is 0 Å². The lowest BCUT2D eigenvalue weighted by atomic mass is 10.2. The summed E-state index contributed by atoms with van der Waals surface area (Å²) >= 11 is 1.32. The van der Waals surface area contributed by atoms with Crippen LogP contribution in [0.15, 0.2) is 90.1 Å². The zero-order valence-corrected chi connectivity index (χ0v) is 20.3. The molecule has 4 aromatic rings. The van der Waals surface area contributed by atoms with Gasteiger partial charge in [-0.05, 0) is 24.3 Å². The molecule has 2 heterocycles. The number of carbonyl (C=O) groups excluding carboxylic acids is 1. The highest BCUT2D eigenvalue weighted by atomic mass is 32.2. The van der Waals surface area contributed by atoms with E-state index in [4.69, 9.17) is 0 Å². The Labute approximate surface area is 212 Å². The van der Waals surface area contributed by atoms with E-state index in [0.29, 0.717) is 29.6 Å². The van der Waals surface area contributed by atoms with Crippen LogP contribution in [0.2, 0.25) is 0 Å². The van der Waals surface area contributed by atoms with Crippen molar-refractivity contribution in [1.29, 1.82) is 0 Å². The fraction of sp³-hybridized carbons (Fsp3) is 0.192. The van der Waals surface area contributed by atoms with E-state index < -0.39 is 4.92 Å². The van der Waals surface area contributed by atoms with Crippen LogP contribution in [-0.2, 0) is 4.79 Å². The highest BCUT2D eigenvalue weighted by Gasteiger charge is 2.23. The number of para-hydroxylation sites is 2. The minimum atomic E-state index is -0.432. The lowest BCUT2D eigenvalue weighted by Crippen LogP contribution is -2.49. The van der Waals surface area contributed by atoms with Crippen molar-refractivity contribution in [3.63, 3.8) is 0 Å². The van der Waals surface area contributed by atoms with Crippen LogP contribution < -0.4 is 4.90 Å². The van der Waals surface area contributed by atoms with Crippen molar-refractivity contribution in [2.75, 3.05) is 36.8 Å². The van der Waals surface area contributed by atoms with Gasteiger partial charge in [-0.25, -0.2) is 0 Å². The number of thioether (sulfide) groups is 1. The van der Waals surface area contributed by atoms with Gasteiger partial charge in [0.1, 0.15) is 0 Å². The number of hydrogen-bond donors (Lipinski definition) is 0. The van der Waals surface area contributed by atoms with Crippen LogP contribution in [0.1, 0.15) is 0 Å². The first-order chi connectivity index (χ1) is 17.6. The summed E-state index contributed by atoms with van der Waals surface area (Å²) in [7, 11) is 0. The fourth-order valence-corrected chi connectivity index (χ4v) is 5.04. The summed E-state index contributed by atoms with van der Waals surface area (Å²) in [6, 6.07) is 26.1. The molecule has 0 spiro atoms. The van der Waals surface area contributed by atoms with Gasteiger partial charge in [0.15, 0.2) is 11.0 Å². The molecule has 36 heavy (non-hydrogen) atoms. The molecule has 0 aliphatic carbocycles. The van der Waals surface area contributed by atoms with Crippen molar-refractivity contribution in [3.05, 3.63) is 95.0 Å². The second-order valence-corrected chi connectivity index (χ2v) is 9.22. The Kier molecular flexibility index (Phi) is 6.94. The van der Waals surface area contributed by atoms with Gasteiger partial charge in [0.05, 0.1) is 10.7 Å². The van der Waals surface area contributed by atoms with Gasteiger partial charge >= 0.3 is 0 Å². The minimum Gasteiger partial charge on any atom is -0.368 e. The number of piperazine rings is 1. The van der Waals surface area contributed by atoms with Crippen LogP contribution in [-0.4, -0.2) is 62.4 Å². The number of aromatic nitrogens is 3. The molecule has 10 heteroatoms. The van der Waals surface area contributed by atoms with Crippen LogP contribution in [0.4, 0.5) is 11.4 Å². The molecule has 1 aliphatic heterocycles. The summed E-state index contributed by atoms with van der Waals surface area (Å²) in [5, 5.41) is 20.5. The van der Waals surface area contributed by atoms with E-state index in [-0.39, 0.29) is 17.3 Å². The molecular formula is C26H24N6O3S. The van der Waals surface area contributed by atoms with Gasteiger partial charge in [-0.15, -0.1) is 10.2 Å². The van der Waals surface area contributed by atoms with Crippen molar-refractivity contribution < 1.29 is 9.72 Å². The number of non-ortho nitro benzene ring substituents is 1. The van der Waals surface area contributed by atoms with Gasteiger partial charge in [0.25, 0.3) is 5.69 Å². The van der Waals surface area contributed by atoms with Crippen LogP contribution in [0.3, 0.4) is 0 Å². The van der Waals surface area contributed by atoms with E-state index in [2.05, 4.69) is 27.2 Å². The van der Waals surface area contributed by atoms with Gasteiger partial charge in [-0.3, -0.25) is 19.5 Å². The Bertz CT molecular complexity index is 1350. The van der Waals surface area contributed by atoms with Crippen LogP contribution in [0.25, 0.3) is 17.1 Å². The number of rotatable bonds is 7. The van der Waals surface area contributed by atoms with Crippen LogP contribution in [0.5, 0.6) is 0 Å². The van der Waals surface area contributed by atoms with Crippen LogP contribution >= 0.6 is 11.8 Å². The number of nitro groups is 1. The summed E-state index contributed by atoms with van der Waals surface area (Å²) < 4.78 is 1.84. The van der Waals surface area contributed by atoms with Gasteiger partial charge in [0.2, 0.25) is 5.91 Å². The van der Waals surface area contributed by atoms with E-state index in [1.807, 2.05) is 58.0 Å². The third kappa shape index (κ3) is 5.08. The maximum atomic E-state index is 13.0. The van der Waals surface area contributed by atoms with Gasteiger partial charge in [0, 0.05) is 55.2 Å². The third-order valence-corrected chi connectivity index (χ3v) is 6.96. The predicted molar refractivity (Wildman–Crippen MR) is 139 cm³/mol. The van der Waals surface area contributed by atoms with Crippen LogP contribution in [0, 0.1) is 10.1 Å². The molecule has 182 valence electrons. The van der Waals surface area contributed by atoms with Crippen molar-refractivity contribution in [1.82, 2.24) is 19.7 Å². The molecule has 1 amide bonds. The molecule has 1 saturated heterocycles. The molecule has 3 aromatic carbocycles. The van der Waals surface area contributed by atoms with Crippen molar-refractivity contribution in [2.24, 2.45) is 0 Å². The Morgan fingerprint density at radius 3 is 2.19 bits per heavy atom. The first kappa shape index (κ1) is 23.6. The summed E-state index contributed by atoms with van der Waals surface area (Å²) in [4.78, 5) is 28.0. The van der Waals surface area contributed by atoms with E-state index in [1.165, 1.54) is 29.6 Å². The van der Waals surface area contributed by atoms with E-state index in [0.717, 1.165) is 18.8 Å². The third-order valence-electron chi connectivity index (χ3n) is 6.04. The molecular weight excluding hydrogens is 476 g/mol. The van der Waals surface area contributed by atoms with Gasteiger partial charge in [-0.2, -0.15) is 0 Å². The average molecular weight is 501 g/mol. The molecule has 1 fully saturated rings. The van der Waals surface area contributed by atoms with Crippen molar-refractivity contribution >= 4 is 29.0 Å². The monoisotopic (exact) mass is 500 g/mol. The molecule has 0 N–H and O–H groups in total. The maximum Gasteiger partial charge on any atom is 0.270 e. The summed E-state index contributed by atoms with van der Waals surface area (Å²) in [5.41, 5.74) is 2.55. The zero-order valence-electron chi connectivity index (χ0n) is 19.4. The number of nitrogens with zero attached hydrogens (tertiary/aromatic N) is 6. The Hall–Kier alpha value is -4.18. The smallest absolute Gasteiger partial charge is 0.270 e. The topological polar surface area (TPSA) is 97.4 Å². The molecule has 5 rings (SSSR count). The quantitative estimate of drug-likeness (QED) is 0.212. The Morgan fingerprint density at radius 1 is 0.861 bits per heavy atom. The number of benzene rings is 3. The van der Waals surface area contributed by atoms with E-state index in [9.17, 15) is 14.9 Å². The zero-order chi connectivity index (χ0) is 24.9.